The molecule has 2 unspecified atom stereocenters. The number of aromatic amines is 1. The first-order valence-electron chi connectivity index (χ1n) is 8.62. The number of nitrogens with one attached hydrogen (secondary N) is 2. The largest absolute Gasteiger partial charge is 0.444 e. The Labute approximate surface area is 156 Å². The van der Waals surface area contributed by atoms with Gasteiger partial charge in [0.15, 0.2) is 0 Å². The molecule has 6 heteroatoms. The predicted octanol–water partition coefficient (Wildman–Crippen LogP) is 5.00. The molecule has 0 saturated heterocycles. The second-order valence-corrected chi connectivity index (χ2v) is 8.39. The maximum absolute atomic E-state index is 12.1. The van der Waals surface area contributed by atoms with E-state index < -0.39 is 5.60 Å². The third-order valence-electron chi connectivity index (χ3n) is 4.32. The summed E-state index contributed by atoms with van der Waals surface area (Å²) in [5, 5.41) is 3.01. The van der Waals surface area contributed by atoms with Gasteiger partial charge in [-0.2, -0.15) is 0 Å². The second-order valence-electron chi connectivity index (χ2n) is 7.48. The van der Waals surface area contributed by atoms with Crippen molar-refractivity contribution in [3.05, 3.63) is 40.8 Å². The van der Waals surface area contributed by atoms with Gasteiger partial charge in [0.25, 0.3) is 0 Å². The van der Waals surface area contributed by atoms with E-state index in [1.165, 1.54) is 0 Å². The maximum atomic E-state index is 12.1. The Morgan fingerprint density at radius 2 is 2.00 bits per heavy atom. The number of benzene rings is 1. The molecule has 2 atom stereocenters. The highest BCUT2D eigenvalue weighted by Gasteiger charge is 2.33. The highest BCUT2D eigenvalue weighted by molar-refractivity contribution is 9.10. The Morgan fingerprint density at radius 1 is 1.28 bits per heavy atom. The van der Waals surface area contributed by atoms with Gasteiger partial charge in [-0.1, -0.05) is 34.5 Å². The maximum Gasteiger partial charge on any atom is 0.407 e. The van der Waals surface area contributed by atoms with E-state index in [4.69, 9.17) is 4.74 Å². The van der Waals surface area contributed by atoms with Gasteiger partial charge in [0.1, 0.15) is 11.4 Å². The van der Waals surface area contributed by atoms with Crippen LogP contribution in [-0.4, -0.2) is 27.7 Å². The van der Waals surface area contributed by atoms with E-state index in [9.17, 15) is 4.79 Å². The Balaban J connectivity index is 1.70. The number of hydrogen-bond donors (Lipinski definition) is 2. The van der Waals surface area contributed by atoms with Crippen molar-refractivity contribution in [1.29, 1.82) is 0 Å². The van der Waals surface area contributed by atoms with Crippen LogP contribution in [0.2, 0.25) is 0 Å². The topological polar surface area (TPSA) is 67.0 Å². The number of carbonyl (C=O) groups is 1. The minimum absolute atomic E-state index is 0.0544. The van der Waals surface area contributed by atoms with Gasteiger partial charge in [-0.25, -0.2) is 9.78 Å². The summed E-state index contributed by atoms with van der Waals surface area (Å²) in [6.07, 6.45) is 4.52. The van der Waals surface area contributed by atoms with Crippen molar-refractivity contribution in [3.8, 4) is 11.3 Å². The summed E-state index contributed by atoms with van der Waals surface area (Å²) in [5.41, 5.74) is 1.60. The summed E-state index contributed by atoms with van der Waals surface area (Å²) in [6, 6.07) is 8.17. The van der Waals surface area contributed by atoms with E-state index in [-0.39, 0.29) is 18.1 Å². The van der Waals surface area contributed by atoms with Gasteiger partial charge >= 0.3 is 6.09 Å². The summed E-state index contributed by atoms with van der Waals surface area (Å²) in [4.78, 5) is 20.1. The zero-order valence-electron chi connectivity index (χ0n) is 14.8. The van der Waals surface area contributed by atoms with E-state index in [1.54, 1.807) is 0 Å². The molecular weight excluding hydrogens is 382 g/mol. The smallest absolute Gasteiger partial charge is 0.407 e. The zero-order chi connectivity index (χ0) is 18.0. The molecule has 1 aromatic heterocycles. The fourth-order valence-electron chi connectivity index (χ4n) is 3.22. The zero-order valence-corrected chi connectivity index (χ0v) is 16.4. The van der Waals surface area contributed by atoms with Crippen LogP contribution in [0.3, 0.4) is 0 Å². The van der Waals surface area contributed by atoms with Crippen LogP contribution in [0.4, 0.5) is 4.79 Å². The highest BCUT2D eigenvalue weighted by atomic mass is 79.9. The molecule has 5 nitrogen and oxygen atoms in total. The summed E-state index contributed by atoms with van der Waals surface area (Å²) in [5.74, 6) is 1.12. The molecule has 0 bridgehead atoms. The van der Waals surface area contributed by atoms with Gasteiger partial charge in [-0.3, -0.25) is 0 Å². The Bertz CT molecular complexity index is 734. The first-order chi connectivity index (χ1) is 11.8. The van der Waals surface area contributed by atoms with Crippen molar-refractivity contribution in [3.63, 3.8) is 0 Å². The summed E-state index contributed by atoms with van der Waals surface area (Å²) in [7, 11) is 0. The standard InChI is InChI=1S/C19H24BrN3O2/c1-19(2,3)25-18(24)23-15-6-4-5-14(15)17-21-11-16(22-17)12-7-9-13(20)10-8-12/h7-11,14-15H,4-6H2,1-3H3,(H,21,22)(H,23,24). The minimum atomic E-state index is -0.488. The molecule has 0 spiro atoms. The van der Waals surface area contributed by atoms with Crippen LogP contribution in [0.1, 0.15) is 51.8 Å². The van der Waals surface area contributed by atoms with Crippen LogP contribution >= 0.6 is 15.9 Å². The lowest BCUT2D eigenvalue weighted by atomic mass is 10.0. The van der Waals surface area contributed by atoms with Gasteiger partial charge in [0.2, 0.25) is 0 Å². The van der Waals surface area contributed by atoms with Gasteiger partial charge in [-0.05, 0) is 51.3 Å². The third-order valence-corrected chi connectivity index (χ3v) is 4.85. The van der Waals surface area contributed by atoms with Crippen LogP contribution in [0.15, 0.2) is 34.9 Å². The number of imidazole rings is 1. The number of rotatable bonds is 3. The SMILES string of the molecule is CC(C)(C)OC(=O)NC1CCCC1c1ncc(-c2ccc(Br)cc2)[nH]1. The van der Waals surface area contributed by atoms with Crippen LogP contribution in [-0.2, 0) is 4.74 Å². The van der Waals surface area contributed by atoms with Gasteiger partial charge in [0, 0.05) is 16.4 Å². The lowest BCUT2D eigenvalue weighted by Crippen LogP contribution is -2.40. The number of halogens is 1. The number of amides is 1. The molecule has 1 fully saturated rings. The number of hydrogen-bond acceptors (Lipinski definition) is 3. The summed E-state index contributed by atoms with van der Waals surface area (Å²) >= 11 is 3.45. The molecule has 1 amide bonds. The molecule has 1 aliphatic carbocycles. The average molecular weight is 406 g/mol. The first kappa shape index (κ1) is 18.0. The molecule has 2 N–H and O–H groups in total. The monoisotopic (exact) mass is 405 g/mol. The van der Waals surface area contributed by atoms with Crippen LogP contribution < -0.4 is 5.32 Å². The molecular formula is C19H24BrN3O2. The van der Waals surface area contributed by atoms with Crippen LogP contribution in [0.5, 0.6) is 0 Å². The van der Waals surface area contributed by atoms with Crippen molar-refractivity contribution in [2.75, 3.05) is 0 Å². The van der Waals surface area contributed by atoms with E-state index in [1.807, 2.05) is 51.2 Å². The molecule has 1 heterocycles. The number of H-pyrrole nitrogens is 1. The van der Waals surface area contributed by atoms with Crippen molar-refractivity contribution >= 4 is 22.0 Å². The minimum Gasteiger partial charge on any atom is -0.444 e. The fraction of sp³-hybridized carbons (Fsp3) is 0.474. The second kappa shape index (κ2) is 7.20. The molecule has 0 radical (unpaired) electrons. The lowest BCUT2D eigenvalue weighted by Gasteiger charge is -2.24. The quantitative estimate of drug-likeness (QED) is 0.754. The Hall–Kier alpha value is -1.82. The predicted molar refractivity (Wildman–Crippen MR) is 101 cm³/mol. The van der Waals surface area contributed by atoms with Crippen molar-refractivity contribution in [2.45, 2.75) is 57.6 Å². The average Bonchev–Trinajstić information content (AvgIpc) is 3.14. The van der Waals surface area contributed by atoms with Gasteiger partial charge in [0.05, 0.1) is 11.9 Å². The fourth-order valence-corrected chi connectivity index (χ4v) is 3.48. The Kier molecular flexibility index (Phi) is 5.18. The summed E-state index contributed by atoms with van der Waals surface area (Å²) in [6.45, 7) is 5.61. The highest BCUT2D eigenvalue weighted by Crippen LogP contribution is 2.34. The molecule has 1 aliphatic rings. The van der Waals surface area contributed by atoms with Crippen molar-refractivity contribution in [1.82, 2.24) is 15.3 Å². The van der Waals surface area contributed by atoms with E-state index in [2.05, 4.69) is 31.2 Å². The van der Waals surface area contributed by atoms with Crippen molar-refractivity contribution in [2.24, 2.45) is 0 Å². The molecule has 1 saturated carbocycles. The van der Waals surface area contributed by atoms with E-state index in [0.717, 1.165) is 40.8 Å². The number of ether oxygens (including phenoxy) is 1. The number of aromatic nitrogens is 2. The molecule has 0 aliphatic heterocycles. The number of nitrogens with zero attached hydrogens (tertiary/aromatic N) is 1. The third kappa shape index (κ3) is 4.63. The van der Waals surface area contributed by atoms with E-state index >= 15 is 0 Å². The molecule has 3 rings (SSSR count). The first-order valence-corrected chi connectivity index (χ1v) is 9.41. The van der Waals surface area contributed by atoms with Crippen molar-refractivity contribution < 1.29 is 9.53 Å². The van der Waals surface area contributed by atoms with Gasteiger partial charge < -0.3 is 15.0 Å². The van der Waals surface area contributed by atoms with E-state index in [0.29, 0.717) is 0 Å². The van der Waals surface area contributed by atoms with Gasteiger partial charge in [-0.15, -0.1) is 0 Å². The number of alkyl carbamates (subject to hydrolysis) is 1. The summed E-state index contributed by atoms with van der Waals surface area (Å²) < 4.78 is 6.43. The lowest BCUT2D eigenvalue weighted by molar-refractivity contribution is 0.0500. The number of carbonyl (C=O) groups excluding carboxylic acids is 1. The normalized spacial score (nSPS) is 20.5. The van der Waals surface area contributed by atoms with Crippen LogP contribution in [0, 0.1) is 0 Å². The molecule has 1 aromatic carbocycles. The molecule has 2 aromatic rings. The Morgan fingerprint density at radius 3 is 2.68 bits per heavy atom. The van der Waals surface area contributed by atoms with Crippen LogP contribution in [0.25, 0.3) is 11.3 Å². The molecule has 25 heavy (non-hydrogen) atoms. The molecule has 134 valence electrons.